The molecule has 0 aliphatic heterocycles. The Kier molecular flexibility index (Phi) is 4.21. The third-order valence-corrected chi connectivity index (χ3v) is 3.40. The number of hydrogen-bond acceptors (Lipinski definition) is 4. The van der Waals surface area contributed by atoms with Crippen LogP contribution in [0.5, 0.6) is 0 Å². The summed E-state index contributed by atoms with van der Waals surface area (Å²) in [6.07, 6.45) is 5.33. The lowest BCUT2D eigenvalue weighted by molar-refractivity contribution is 0.0934. The van der Waals surface area contributed by atoms with Crippen LogP contribution in [0.15, 0.2) is 29.6 Å². The summed E-state index contributed by atoms with van der Waals surface area (Å²) >= 11 is 1.46. The van der Waals surface area contributed by atoms with Gasteiger partial charge in [-0.05, 0) is 32.2 Å². The minimum Gasteiger partial charge on any atom is -0.344 e. The Hall–Kier alpha value is -1.82. The van der Waals surface area contributed by atoms with Gasteiger partial charge in [0, 0.05) is 18.1 Å². The predicted molar refractivity (Wildman–Crippen MR) is 75.2 cm³/mol. The van der Waals surface area contributed by atoms with Crippen LogP contribution in [-0.4, -0.2) is 27.1 Å². The first kappa shape index (κ1) is 13.6. The van der Waals surface area contributed by atoms with Gasteiger partial charge in [-0.1, -0.05) is 0 Å². The van der Waals surface area contributed by atoms with Gasteiger partial charge in [-0.3, -0.25) is 4.79 Å². The Morgan fingerprint density at radius 2 is 2.26 bits per heavy atom. The zero-order valence-electron chi connectivity index (χ0n) is 11.1. The van der Waals surface area contributed by atoms with Crippen LogP contribution >= 0.6 is 11.8 Å². The zero-order chi connectivity index (χ0) is 13.8. The summed E-state index contributed by atoms with van der Waals surface area (Å²) in [5.74, 6) is 0.611. The number of thioether (sulfide) groups is 1. The fourth-order valence-corrected chi connectivity index (χ4v) is 2.27. The monoisotopic (exact) mass is 276 g/mol. The fraction of sp³-hybridized carbons (Fsp3) is 0.308. The minimum atomic E-state index is -0.170. The lowest BCUT2D eigenvalue weighted by atomic mass is 10.2. The molecule has 2 aromatic heterocycles. The Balaban J connectivity index is 2.12. The van der Waals surface area contributed by atoms with Crippen molar-refractivity contribution in [3.8, 4) is 0 Å². The Morgan fingerprint density at radius 1 is 1.47 bits per heavy atom. The highest BCUT2D eigenvalue weighted by atomic mass is 32.2. The minimum absolute atomic E-state index is 0.140. The van der Waals surface area contributed by atoms with Crippen molar-refractivity contribution in [3.05, 3.63) is 41.6 Å². The number of H-pyrrole nitrogens is 1. The second kappa shape index (κ2) is 5.88. The number of aromatic nitrogens is 3. The molecule has 1 atom stereocenters. The third-order valence-electron chi connectivity index (χ3n) is 2.69. The summed E-state index contributed by atoms with van der Waals surface area (Å²) in [6, 6.07) is 3.36. The molecule has 0 aliphatic rings. The maximum atomic E-state index is 12.2. The number of carbonyl (C=O) groups is 1. The number of aromatic amines is 1. The number of rotatable bonds is 4. The van der Waals surface area contributed by atoms with Gasteiger partial charge >= 0.3 is 0 Å². The summed E-state index contributed by atoms with van der Waals surface area (Å²) in [6.45, 7) is 3.82. The number of pyridine rings is 1. The molecule has 0 unspecified atom stereocenters. The molecule has 0 saturated carbocycles. The molecule has 2 heterocycles. The molecular formula is C13H16N4OS. The van der Waals surface area contributed by atoms with E-state index in [4.69, 9.17) is 0 Å². The van der Waals surface area contributed by atoms with Crippen LogP contribution < -0.4 is 5.32 Å². The average molecular weight is 276 g/mol. The number of imidazole rings is 1. The van der Waals surface area contributed by atoms with E-state index in [1.54, 1.807) is 24.5 Å². The van der Waals surface area contributed by atoms with E-state index in [9.17, 15) is 4.79 Å². The van der Waals surface area contributed by atoms with Crippen LogP contribution in [0.4, 0.5) is 0 Å². The lowest BCUT2D eigenvalue weighted by Gasteiger charge is -2.12. The molecule has 100 valence electrons. The number of carbonyl (C=O) groups excluding carboxylic acids is 1. The van der Waals surface area contributed by atoms with E-state index in [2.05, 4.69) is 20.3 Å². The third kappa shape index (κ3) is 3.14. The van der Waals surface area contributed by atoms with Crippen molar-refractivity contribution >= 4 is 17.7 Å². The van der Waals surface area contributed by atoms with E-state index in [1.165, 1.54) is 11.8 Å². The van der Waals surface area contributed by atoms with Crippen molar-refractivity contribution in [3.63, 3.8) is 0 Å². The van der Waals surface area contributed by atoms with E-state index in [0.717, 1.165) is 16.5 Å². The zero-order valence-corrected chi connectivity index (χ0v) is 11.9. The lowest BCUT2D eigenvalue weighted by Crippen LogP contribution is -2.28. The van der Waals surface area contributed by atoms with Gasteiger partial charge in [0.15, 0.2) is 0 Å². The first-order valence-corrected chi connectivity index (χ1v) is 7.15. The molecular weight excluding hydrogens is 260 g/mol. The van der Waals surface area contributed by atoms with Crippen molar-refractivity contribution in [1.29, 1.82) is 0 Å². The summed E-state index contributed by atoms with van der Waals surface area (Å²) in [5, 5.41) is 3.64. The van der Waals surface area contributed by atoms with Crippen LogP contribution in [0.25, 0.3) is 0 Å². The maximum absolute atomic E-state index is 12.2. The molecule has 0 fully saturated rings. The van der Waals surface area contributed by atoms with E-state index < -0.39 is 0 Å². The fourth-order valence-electron chi connectivity index (χ4n) is 1.72. The Labute approximate surface area is 116 Å². The van der Waals surface area contributed by atoms with Crippen molar-refractivity contribution in [2.75, 3.05) is 6.26 Å². The molecule has 6 heteroatoms. The second-order valence-electron chi connectivity index (χ2n) is 4.21. The molecule has 0 radical (unpaired) electrons. The summed E-state index contributed by atoms with van der Waals surface area (Å²) in [7, 11) is 0. The van der Waals surface area contributed by atoms with Gasteiger partial charge in [0.25, 0.3) is 5.91 Å². The Morgan fingerprint density at radius 3 is 2.89 bits per heavy atom. The summed E-state index contributed by atoms with van der Waals surface area (Å²) in [5.41, 5.74) is 1.56. The number of amides is 1. The highest BCUT2D eigenvalue weighted by Gasteiger charge is 2.16. The van der Waals surface area contributed by atoms with Crippen molar-refractivity contribution in [2.45, 2.75) is 24.9 Å². The van der Waals surface area contributed by atoms with Crippen molar-refractivity contribution in [2.24, 2.45) is 0 Å². The largest absolute Gasteiger partial charge is 0.344 e. The standard InChI is InChI=1S/C13H16N4OS/c1-8-7-15-11(16-8)9(2)17-12(18)10-5-4-6-14-13(10)19-3/h4-7,9H,1-3H3,(H,15,16)(H,17,18)/t9-/m0/s1. The van der Waals surface area contributed by atoms with Gasteiger partial charge in [0.2, 0.25) is 0 Å². The number of hydrogen-bond donors (Lipinski definition) is 2. The summed E-state index contributed by atoms with van der Waals surface area (Å²) < 4.78 is 0. The number of nitrogens with zero attached hydrogens (tertiary/aromatic N) is 2. The quantitative estimate of drug-likeness (QED) is 0.841. The predicted octanol–water partition coefficient (Wildman–Crippen LogP) is 2.33. The van der Waals surface area contributed by atoms with Gasteiger partial charge in [-0.15, -0.1) is 11.8 Å². The smallest absolute Gasteiger partial charge is 0.254 e. The maximum Gasteiger partial charge on any atom is 0.254 e. The molecule has 19 heavy (non-hydrogen) atoms. The van der Waals surface area contributed by atoms with E-state index in [1.807, 2.05) is 20.1 Å². The van der Waals surface area contributed by atoms with Crippen LogP contribution in [0.1, 0.15) is 34.8 Å². The molecule has 2 rings (SSSR count). The van der Waals surface area contributed by atoms with Crippen LogP contribution in [0, 0.1) is 6.92 Å². The first-order chi connectivity index (χ1) is 9.11. The molecule has 2 aromatic rings. The molecule has 5 nitrogen and oxygen atoms in total. The van der Waals surface area contributed by atoms with Gasteiger partial charge in [-0.2, -0.15) is 0 Å². The normalized spacial score (nSPS) is 12.2. The van der Waals surface area contributed by atoms with Gasteiger partial charge in [0.1, 0.15) is 10.9 Å². The number of aryl methyl sites for hydroxylation is 1. The Bertz CT molecular complexity index is 582. The van der Waals surface area contributed by atoms with Crippen molar-refractivity contribution in [1.82, 2.24) is 20.3 Å². The molecule has 0 aliphatic carbocycles. The van der Waals surface area contributed by atoms with Crippen LogP contribution in [-0.2, 0) is 0 Å². The van der Waals surface area contributed by atoms with Gasteiger partial charge in [0.05, 0.1) is 11.6 Å². The van der Waals surface area contributed by atoms with E-state index >= 15 is 0 Å². The average Bonchev–Trinajstić information content (AvgIpc) is 2.85. The molecule has 0 bridgehead atoms. The first-order valence-electron chi connectivity index (χ1n) is 5.93. The van der Waals surface area contributed by atoms with Crippen LogP contribution in [0.2, 0.25) is 0 Å². The highest BCUT2D eigenvalue weighted by molar-refractivity contribution is 7.98. The van der Waals surface area contributed by atoms with Crippen molar-refractivity contribution < 1.29 is 4.79 Å². The molecule has 0 aromatic carbocycles. The molecule has 0 spiro atoms. The molecule has 1 amide bonds. The summed E-state index contributed by atoms with van der Waals surface area (Å²) in [4.78, 5) is 23.7. The topological polar surface area (TPSA) is 70.7 Å². The number of nitrogens with one attached hydrogen (secondary N) is 2. The second-order valence-corrected chi connectivity index (χ2v) is 5.00. The molecule has 0 saturated heterocycles. The molecule has 2 N–H and O–H groups in total. The van der Waals surface area contributed by atoms with Gasteiger partial charge in [-0.25, -0.2) is 9.97 Å². The van der Waals surface area contributed by atoms with E-state index in [-0.39, 0.29) is 11.9 Å². The van der Waals surface area contributed by atoms with E-state index in [0.29, 0.717) is 5.56 Å². The van der Waals surface area contributed by atoms with Gasteiger partial charge < -0.3 is 10.3 Å². The SMILES string of the molecule is CSc1ncccc1C(=O)N[C@@H](C)c1ncc(C)[nH]1. The highest BCUT2D eigenvalue weighted by Crippen LogP contribution is 2.18. The van der Waals surface area contributed by atoms with Crippen LogP contribution in [0.3, 0.4) is 0 Å².